The molecule has 0 spiro atoms. The number of carbonyl (C=O) groups is 1. The van der Waals surface area contributed by atoms with Crippen molar-refractivity contribution < 1.29 is 9.53 Å². The van der Waals surface area contributed by atoms with E-state index in [-0.39, 0.29) is 24.9 Å². The summed E-state index contributed by atoms with van der Waals surface area (Å²) in [6, 6.07) is 5.36. The summed E-state index contributed by atoms with van der Waals surface area (Å²) >= 11 is 11.9. The van der Waals surface area contributed by atoms with Gasteiger partial charge in [-0.2, -0.15) is 0 Å². The number of benzene rings is 1. The van der Waals surface area contributed by atoms with Gasteiger partial charge in [-0.1, -0.05) is 29.3 Å². The molecule has 1 amide bonds. The van der Waals surface area contributed by atoms with Crippen molar-refractivity contribution >= 4 is 41.5 Å². The third kappa shape index (κ3) is 7.92. The van der Waals surface area contributed by atoms with Gasteiger partial charge < -0.3 is 15.4 Å². The summed E-state index contributed by atoms with van der Waals surface area (Å²) < 4.78 is 4.87. The van der Waals surface area contributed by atoms with Crippen LogP contribution in [0.15, 0.2) is 18.2 Å². The number of nitrogens with one attached hydrogen (secondary N) is 2. The van der Waals surface area contributed by atoms with Gasteiger partial charge in [-0.05, 0) is 24.1 Å². The molecule has 0 saturated carbocycles. The van der Waals surface area contributed by atoms with Crippen molar-refractivity contribution in [2.24, 2.45) is 0 Å². The first kappa shape index (κ1) is 19.5. The molecule has 0 heterocycles. The molecule has 7 heteroatoms. The fourth-order valence-corrected chi connectivity index (χ4v) is 2.00. The molecule has 0 aliphatic heterocycles. The Labute approximate surface area is 135 Å². The minimum atomic E-state index is -0.0406. The number of hydrogen-bond acceptors (Lipinski definition) is 3. The van der Waals surface area contributed by atoms with Crippen LogP contribution in [0.25, 0.3) is 0 Å². The van der Waals surface area contributed by atoms with Crippen LogP contribution in [0.5, 0.6) is 0 Å². The number of ether oxygens (including phenoxy) is 1. The molecule has 114 valence electrons. The van der Waals surface area contributed by atoms with E-state index in [0.717, 1.165) is 5.56 Å². The largest absolute Gasteiger partial charge is 0.383 e. The van der Waals surface area contributed by atoms with Crippen LogP contribution in [-0.2, 0) is 16.0 Å². The highest BCUT2D eigenvalue weighted by molar-refractivity contribution is 6.35. The maximum atomic E-state index is 11.5. The highest BCUT2D eigenvalue weighted by Crippen LogP contribution is 2.20. The van der Waals surface area contributed by atoms with E-state index in [1.165, 1.54) is 0 Å². The average molecular weight is 342 g/mol. The Morgan fingerprint density at radius 2 is 2.05 bits per heavy atom. The molecule has 0 radical (unpaired) electrons. The molecule has 0 unspecified atom stereocenters. The molecule has 20 heavy (non-hydrogen) atoms. The molecule has 0 fully saturated rings. The van der Waals surface area contributed by atoms with Gasteiger partial charge in [0, 0.05) is 30.2 Å². The highest BCUT2D eigenvalue weighted by Gasteiger charge is 2.03. The van der Waals surface area contributed by atoms with Gasteiger partial charge in [0.05, 0.1) is 13.2 Å². The van der Waals surface area contributed by atoms with Crippen molar-refractivity contribution in [3.05, 3.63) is 33.8 Å². The molecule has 1 aromatic carbocycles. The van der Waals surface area contributed by atoms with Gasteiger partial charge in [0.1, 0.15) is 0 Å². The van der Waals surface area contributed by atoms with Crippen LogP contribution in [0.4, 0.5) is 0 Å². The fraction of sp³-hybridized carbons (Fsp3) is 0.462. The number of rotatable bonds is 8. The number of carbonyl (C=O) groups excluding carboxylic acids is 1. The zero-order valence-electron chi connectivity index (χ0n) is 11.2. The zero-order chi connectivity index (χ0) is 14.1. The lowest BCUT2D eigenvalue weighted by Crippen LogP contribution is -2.36. The van der Waals surface area contributed by atoms with Crippen molar-refractivity contribution in [1.82, 2.24) is 10.6 Å². The Hall–Kier alpha value is -0.520. The smallest absolute Gasteiger partial charge is 0.233 e. The van der Waals surface area contributed by atoms with Gasteiger partial charge in [-0.15, -0.1) is 12.4 Å². The van der Waals surface area contributed by atoms with Crippen LogP contribution < -0.4 is 10.6 Å². The van der Waals surface area contributed by atoms with Crippen molar-refractivity contribution in [2.75, 3.05) is 33.4 Å². The van der Waals surface area contributed by atoms with Crippen LogP contribution in [0.2, 0.25) is 10.0 Å². The number of halogens is 3. The Balaban J connectivity index is 0.00000361. The summed E-state index contributed by atoms with van der Waals surface area (Å²) in [4.78, 5) is 11.5. The minimum absolute atomic E-state index is 0. The van der Waals surface area contributed by atoms with Crippen molar-refractivity contribution in [3.8, 4) is 0 Å². The molecule has 4 nitrogen and oxygen atoms in total. The summed E-state index contributed by atoms with van der Waals surface area (Å²) in [6.45, 7) is 2.09. The van der Waals surface area contributed by atoms with E-state index in [9.17, 15) is 4.79 Å². The molecule has 0 atom stereocenters. The summed E-state index contributed by atoms with van der Waals surface area (Å²) in [5.41, 5.74) is 0.971. The van der Waals surface area contributed by atoms with Gasteiger partial charge in [0.25, 0.3) is 0 Å². The maximum absolute atomic E-state index is 11.5. The average Bonchev–Trinajstić information content (AvgIpc) is 2.37. The van der Waals surface area contributed by atoms with Crippen molar-refractivity contribution in [3.63, 3.8) is 0 Å². The molecule has 2 N–H and O–H groups in total. The summed E-state index contributed by atoms with van der Waals surface area (Å²) in [7, 11) is 1.62. The molecule has 0 aliphatic carbocycles. The van der Waals surface area contributed by atoms with Crippen LogP contribution in [0.1, 0.15) is 5.56 Å². The Kier molecular flexibility index (Phi) is 10.9. The topological polar surface area (TPSA) is 50.4 Å². The van der Waals surface area contributed by atoms with Gasteiger partial charge >= 0.3 is 0 Å². The fourth-order valence-electron chi connectivity index (χ4n) is 1.50. The standard InChI is InChI=1S/C13H18Cl2N2O2.ClH/c1-19-7-6-16-9-13(18)17-5-4-10-2-3-11(14)8-12(10)15;/h2-3,8,16H,4-7,9H2,1H3,(H,17,18);1H. The first-order valence-electron chi connectivity index (χ1n) is 6.03. The van der Waals surface area contributed by atoms with Crippen LogP contribution in [0.3, 0.4) is 0 Å². The summed E-state index contributed by atoms with van der Waals surface area (Å²) in [5.74, 6) is -0.0406. The lowest BCUT2D eigenvalue weighted by molar-refractivity contribution is -0.120. The third-order valence-electron chi connectivity index (χ3n) is 2.50. The normalized spacial score (nSPS) is 9.95. The zero-order valence-corrected chi connectivity index (χ0v) is 13.6. The predicted molar refractivity (Wildman–Crippen MR) is 85.2 cm³/mol. The molecule has 0 aliphatic rings. The minimum Gasteiger partial charge on any atom is -0.383 e. The van der Waals surface area contributed by atoms with Crippen LogP contribution >= 0.6 is 35.6 Å². The molecular weight excluding hydrogens is 323 g/mol. The third-order valence-corrected chi connectivity index (χ3v) is 3.09. The van der Waals surface area contributed by atoms with Gasteiger partial charge in [0.2, 0.25) is 5.91 Å². The number of hydrogen-bond donors (Lipinski definition) is 2. The molecular formula is C13H19Cl3N2O2. The molecule has 1 aromatic rings. The van der Waals surface area contributed by atoms with Crippen LogP contribution in [-0.4, -0.2) is 39.3 Å². The van der Waals surface area contributed by atoms with E-state index in [0.29, 0.717) is 36.2 Å². The SMILES string of the molecule is COCCNCC(=O)NCCc1ccc(Cl)cc1Cl.Cl. The van der Waals surface area contributed by atoms with E-state index >= 15 is 0 Å². The Morgan fingerprint density at radius 3 is 2.70 bits per heavy atom. The van der Waals surface area contributed by atoms with Crippen molar-refractivity contribution in [1.29, 1.82) is 0 Å². The molecule has 0 aromatic heterocycles. The summed E-state index contributed by atoms with van der Waals surface area (Å²) in [6.07, 6.45) is 0.680. The van der Waals surface area contributed by atoms with Crippen molar-refractivity contribution in [2.45, 2.75) is 6.42 Å². The lowest BCUT2D eigenvalue weighted by atomic mass is 10.1. The van der Waals surface area contributed by atoms with E-state index in [1.807, 2.05) is 6.07 Å². The van der Waals surface area contributed by atoms with E-state index in [4.69, 9.17) is 27.9 Å². The van der Waals surface area contributed by atoms with Crippen LogP contribution in [0, 0.1) is 0 Å². The van der Waals surface area contributed by atoms with E-state index in [2.05, 4.69) is 10.6 Å². The Bertz CT molecular complexity index is 417. The number of methoxy groups -OCH3 is 1. The quantitative estimate of drug-likeness (QED) is 0.713. The van der Waals surface area contributed by atoms with Gasteiger partial charge in [0.15, 0.2) is 0 Å². The Morgan fingerprint density at radius 1 is 1.30 bits per heavy atom. The monoisotopic (exact) mass is 340 g/mol. The van der Waals surface area contributed by atoms with E-state index < -0.39 is 0 Å². The maximum Gasteiger partial charge on any atom is 0.233 e. The molecule has 1 rings (SSSR count). The second kappa shape index (κ2) is 11.2. The second-order valence-electron chi connectivity index (χ2n) is 4.01. The predicted octanol–water partition coefficient (Wildman–Crippen LogP) is 2.31. The van der Waals surface area contributed by atoms with Gasteiger partial charge in [-0.3, -0.25) is 4.79 Å². The molecule has 0 bridgehead atoms. The van der Waals surface area contributed by atoms with Gasteiger partial charge in [-0.25, -0.2) is 0 Å². The first-order chi connectivity index (χ1) is 9.13. The highest BCUT2D eigenvalue weighted by atomic mass is 35.5. The number of amides is 1. The second-order valence-corrected chi connectivity index (χ2v) is 4.85. The van der Waals surface area contributed by atoms with E-state index in [1.54, 1.807) is 19.2 Å². The summed E-state index contributed by atoms with van der Waals surface area (Å²) in [5, 5.41) is 7.03. The first-order valence-corrected chi connectivity index (χ1v) is 6.79. The molecule has 0 saturated heterocycles. The lowest BCUT2D eigenvalue weighted by Gasteiger charge is -2.08.